The molecular weight excluding hydrogens is 806 g/mol. The quantitative estimate of drug-likeness (QED) is 0.0294. The van der Waals surface area contributed by atoms with Gasteiger partial charge in [0.25, 0.3) is 0 Å². The number of hydrogen-bond donors (Lipinski definition) is 0. The van der Waals surface area contributed by atoms with Gasteiger partial charge in [-0.05, 0) is 61.3 Å². The fraction of sp³-hybridized carbons (Fsp3) is 0.853. The van der Waals surface area contributed by atoms with Gasteiger partial charge >= 0.3 is 45.0 Å². The zero-order chi connectivity index (χ0) is 41.6. The number of carbonyl (C=O) groups is 5. The maximum atomic E-state index is 12.2. The number of ether oxygens (including phenoxy) is 5. The minimum Gasteiger partial charge on any atom is -0.466 e. The molecule has 0 fully saturated rings. The molecule has 0 amide bonds. The molecule has 0 aromatic rings. The summed E-state index contributed by atoms with van der Waals surface area (Å²) in [6.07, 6.45) is 1.22. The first-order valence-corrected chi connectivity index (χ1v) is 23.0. The number of rotatable bonds is 25. The maximum Gasteiger partial charge on any atom is 0.335 e. The average molecular weight is 872 g/mol. The van der Waals surface area contributed by atoms with E-state index in [1.54, 1.807) is 34.6 Å². The van der Waals surface area contributed by atoms with Gasteiger partial charge < -0.3 is 32.7 Å². The van der Waals surface area contributed by atoms with Gasteiger partial charge in [-0.3, -0.25) is 32.6 Å². The van der Waals surface area contributed by atoms with Gasteiger partial charge in [0.05, 0.1) is 64.0 Å². The molecule has 0 aliphatic carbocycles. The van der Waals surface area contributed by atoms with Crippen molar-refractivity contribution in [3.8, 4) is 0 Å². The molecule has 0 spiro atoms. The molecule has 0 aliphatic heterocycles. The van der Waals surface area contributed by atoms with Crippen molar-refractivity contribution < 1.29 is 74.9 Å². The van der Waals surface area contributed by atoms with E-state index in [-0.39, 0.29) is 51.5 Å². The second-order valence-electron chi connectivity index (χ2n) is 11.8. The average Bonchev–Trinajstić information content (AvgIpc) is 3.09. The van der Waals surface area contributed by atoms with Gasteiger partial charge in [0.15, 0.2) is 12.2 Å². The number of unbranched alkanes of at least 4 members (excludes halogenated alkanes) is 2. The zero-order valence-corrected chi connectivity index (χ0v) is 37.1. The van der Waals surface area contributed by atoms with Crippen molar-refractivity contribution in [3.05, 3.63) is 0 Å². The normalized spacial score (nSPS) is 15.8. The van der Waals surface area contributed by atoms with Crippen LogP contribution < -0.4 is 0 Å². The van der Waals surface area contributed by atoms with Gasteiger partial charge in [-0.15, -0.1) is 0 Å². The Hall–Kier alpha value is -1.87. The van der Waals surface area contributed by atoms with E-state index in [0.29, 0.717) is 11.9 Å². The third kappa shape index (κ3) is 31.1. The van der Waals surface area contributed by atoms with Crippen molar-refractivity contribution >= 4 is 61.0 Å². The Morgan fingerprint density at radius 3 is 1.11 bits per heavy atom. The van der Waals surface area contributed by atoms with E-state index in [9.17, 15) is 33.1 Å². The van der Waals surface area contributed by atoms with Crippen LogP contribution in [0.2, 0.25) is 0 Å². The molecule has 53 heavy (non-hydrogen) atoms. The summed E-state index contributed by atoms with van der Waals surface area (Å²) in [6.45, 7) is 21.0. The van der Waals surface area contributed by atoms with Crippen LogP contribution in [0, 0.1) is 17.8 Å². The molecular formula is C34H65BrO16P2. The van der Waals surface area contributed by atoms with Crippen molar-refractivity contribution in [1.82, 2.24) is 0 Å². The molecule has 0 aliphatic rings. The number of esters is 5. The first-order valence-electron chi connectivity index (χ1n) is 17.9. The summed E-state index contributed by atoms with van der Waals surface area (Å²) in [5.74, 6) is -3.28. The molecule has 0 heterocycles. The van der Waals surface area contributed by atoms with E-state index in [2.05, 4.69) is 15.9 Å². The standard InChI is InChI=1S/C15H29O7P.C13H25O7P.C6H11BrO2/c1-6-8-10-19-14(16)12(3)21-23(5,18)22-13(4)15(17)20-11-9-7-2;1-6-17-12(14)10(3)8-19-21(5,16)20-9-11(4)13(15)18-7-2;1-3-9-6(8)5(2)4-7/h12-13H,6-11H2,1-5H3;10-11H,6-9H2,1-5H3;5H,3-4H2,1-2H3. The Balaban J connectivity index is -0.000000770. The molecule has 314 valence electrons. The lowest BCUT2D eigenvalue weighted by molar-refractivity contribution is -0.153. The highest BCUT2D eigenvalue weighted by molar-refractivity contribution is 9.09. The van der Waals surface area contributed by atoms with Crippen molar-refractivity contribution in [2.45, 2.75) is 107 Å². The minimum absolute atomic E-state index is 0.0232. The lowest BCUT2D eigenvalue weighted by Crippen LogP contribution is -2.26. The molecule has 0 radical (unpaired) electrons. The third-order valence-corrected chi connectivity index (χ3v) is 9.87. The predicted molar refractivity (Wildman–Crippen MR) is 203 cm³/mol. The van der Waals surface area contributed by atoms with Crippen LogP contribution in [0.15, 0.2) is 0 Å². The van der Waals surface area contributed by atoms with Crippen LogP contribution in [0.1, 0.15) is 94.9 Å². The molecule has 5 unspecified atom stereocenters. The van der Waals surface area contributed by atoms with E-state index in [1.807, 2.05) is 20.8 Å². The fourth-order valence-electron chi connectivity index (χ4n) is 3.14. The minimum atomic E-state index is -3.59. The van der Waals surface area contributed by atoms with Crippen LogP contribution in [-0.2, 0) is 74.9 Å². The van der Waals surface area contributed by atoms with Crippen molar-refractivity contribution in [2.24, 2.45) is 17.8 Å². The van der Waals surface area contributed by atoms with Crippen LogP contribution in [0.4, 0.5) is 0 Å². The SMILES string of the molecule is CCCCOC(=O)C(C)OP(C)(=O)OC(C)C(=O)OCCCC.CCOC(=O)C(C)CBr.CCOC(=O)C(C)COP(C)(=O)OCC(C)C(=O)OCC. The number of halogens is 1. The Labute approximate surface area is 324 Å². The van der Waals surface area contributed by atoms with Crippen molar-refractivity contribution in [1.29, 1.82) is 0 Å². The highest BCUT2D eigenvalue weighted by Gasteiger charge is 2.31. The van der Waals surface area contributed by atoms with E-state index >= 15 is 0 Å². The van der Waals surface area contributed by atoms with Crippen LogP contribution >= 0.6 is 31.1 Å². The van der Waals surface area contributed by atoms with Crippen LogP contribution in [-0.4, -0.2) is 107 Å². The topological polar surface area (TPSA) is 203 Å². The van der Waals surface area contributed by atoms with E-state index < -0.39 is 63.1 Å². The fourth-order valence-corrected chi connectivity index (χ4v) is 5.84. The van der Waals surface area contributed by atoms with E-state index in [0.717, 1.165) is 25.7 Å². The molecule has 0 saturated carbocycles. The molecule has 0 saturated heterocycles. The van der Waals surface area contributed by atoms with Gasteiger partial charge in [-0.2, -0.15) is 0 Å². The Morgan fingerprint density at radius 1 is 0.509 bits per heavy atom. The summed E-state index contributed by atoms with van der Waals surface area (Å²) >= 11 is 3.18. The molecule has 0 aromatic heterocycles. The lowest BCUT2D eigenvalue weighted by atomic mass is 10.2. The number of carbonyl (C=O) groups excluding carboxylic acids is 5. The summed E-state index contributed by atoms with van der Waals surface area (Å²) in [5.41, 5.74) is 0. The Kier molecular flexibility index (Phi) is 33.9. The van der Waals surface area contributed by atoms with Gasteiger partial charge in [0.2, 0.25) is 0 Å². The molecule has 0 N–H and O–H groups in total. The third-order valence-electron chi connectivity index (χ3n) is 6.26. The second-order valence-corrected chi connectivity index (χ2v) is 16.5. The van der Waals surface area contributed by atoms with Crippen LogP contribution in [0.5, 0.6) is 0 Å². The maximum absolute atomic E-state index is 12.2. The van der Waals surface area contributed by atoms with Gasteiger partial charge in [0.1, 0.15) is 0 Å². The van der Waals surface area contributed by atoms with Crippen LogP contribution in [0.25, 0.3) is 0 Å². The summed E-state index contributed by atoms with van der Waals surface area (Å²) in [6, 6.07) is 0. The molecule has 0 bridgehead atoms. The summed E-state index contributed by atoms with van der Waals surface area (Å²) in [4.78, 5) is 56.9. The smallest absolute Gasteiger partial charge is 0.335 e. The van der Waals surface area contributed by atoms with E-state index in [4.69, 9.17) is 41.8 Å². The molecule has 5 atom stereocenters. The van der Waals surface area contributed by atoms with Gasteiger partial charge in [0, 0.05) is 18.7 Å². The summed E-state index contributed by atoms with van der Waals surface area (Å²) in [7, 11) is -6.93. The first kappa shape index (κ1) is 55.5. The zero-order valence-electron chi connectivity index (χ0n) is 33.7. The van der Waals surface area contributed by atoms with Gasteiger partial charge in [-0.1, -0.05) is 49.5 Å². The van der Waals surface area contributed by atoms with E-state index in [1.165, 1.54) is 27.2 Å². The second kappa shape index (κ2) is 32.4. The highest BCUT2D eigenvalue weighted by Crippen LogP contribution is 2.47. The van der Waals surface area contributed by atoms with Gasteiger partial charge in [-0.25, -0.2) is 9.59 Å². The van der Waals surface area contributed by atoms with Crippen molar-refractivity contribution in [2.75, 3.05) is 64.9 Å². The molecule has 0 rings (SSSR count). The Bertz CT molecular complexity index is 1070. The summed E-state index contributed by atoms with van der Waals surface area (Å²) < 4.78 is 69.1. The molecule has 19 heteroatoms. The number of hydrogen-bond acceptors (Lipinski definition) is 16. The Morgan fingerprint density at radius 2 is 0.830 bits per heavy atom. The summed E-state index contributed by atoms with van der Waals surface area (Å²) in [5, 5.41) is 0.672. The monoisotopic (exact) mass is 870 g/mol. The highest BCUT2D eigenvalue weighted by atomic mass is 79.9. The lowest BCUT2D eigenvalue weighted by Gasteiger charge is -2.21. The predicted octanol–water partition coefficient (Wildman–Crippen LogP) is 7.13. The first-order chi connectivity index (χ1) is 24.7. The number of alkyl halides is 1. The molecule has 16 nitrogen and oxygen atoms in total. The molecule has 0 aromatic carbocycles. The largest absolute Gasteiger partial charge is 0.466 e. The van der Waals surface area contributed by atoms with Crippen LogP contribution in [0.3, 0.4) is 0 Å². The van der Waals surface area contributed by atoms with Crippen molar-refractivity contribution in [3.63, 3.8) is 0 Å².